The summed E-state index contributed by atoms with van der Waals surface area (Å²) in [6, 6.07) is 5.01. The number of aliphatic hydroxyl groups excluding tert-OH is 1. The van der Waals surface area contributed by atoms with E-state index < -0.39 is 0 Å². The van der Waals surface area contributed by atoms with Crippen LogP contribution in [0.2, 0.25) is 0 Å². The second kappa shape index (κ2) is 5.24. The van der Waals surface area contributed by atoms with Gasteiger partial charge >= 0.3 is 0 Å². The number of aliphatic hydroxyl groups is 1. The Hall–Kier alpha value is -0.890. The minimum absolute atomic E-state index is 0.114. The second-order valence-corrected chi connectivity index (χ2v) is 6.77. The first-order chi connectivity index (χ1) is 8.82. The van der Waals surface area contributed by atoms with Gasteiger partial charge in [-0.15, -0.1) is 0 Å². The zero-order valence-electron chi connectivity index (χ0n) is 12.4. The number of benzene rings is 1. The van der Waals surface area contributed by atoms with Gasteiger partial charge in [0.2, 0.25) is 0 Å². The van der Waals surface area contributed by atoms with Gasteiger partial charge in [-0.25, -0.2) is 4.39 Å². The maximum atomic E-state index is 13.3. The van der Waals surface area contributed by atoms with E-state index in [4.69, 9.17) is 0 Å². The molecule has 0 bridgehead atoms. The van der Waals surface area contributed by atoms with Crippen LogP contribution in [0.1, 0.15) is 51.2 Å². The van der Waals surface area contributed by atoms with Crippen molar-refractivity contribution in [3.05, 3.63) is 35.1 Å². The third kappa shape index (κ3) is 2.84. The van der Waals surface area contributed by atoms with E-state index in [0.29, 0.717) is 5.92 Å². The lowest BCUT2D eigenvalue weighted by atomic mass is 9.64. The van der Waals surface area contributed by atoms with Crippen molar-refractivity contribution in [1.82, 2.24) is 0 Å². The fraction of sp³-hybridized carbons (Fsp3) is 0.647. The molecule has 3 atom stereocenters. The van der Waals surface area contributed by atoms with Gasteiger partial charge < -0.3 is 5.11 Å². The summed E-state index contributed by atoms with van der Waals surface area (Å²) in [4.78, 5) is 0. The molecule has 0 heterocycles. The van der Waals surface area contributed by atoms with Crippen molar-refractivity contribution in [1.29, 1.82) is 0 Å². The highest BCUT2D eigenvalue weighted by atomic mass is 19.1. The average Bonchev–Trinajstić information content (AvgIpc) is 2.27. The van der Waals surface area contributed by atoms with Gasteiger partial charge in [0.05, 0.1) is 6.10 Å². The molecule has 106 valence electrons. The van der Waals surface area contributed by atoms with Crippen LogP contribution in [-0.2, 0) is 5.41 Å². The lowest BCUT2D eigenvalue weighted by Crippen LogP contribution is -2.41. The molecular formula is C17H25FO. The molecule has 2 rings (SSSR count). The van der Waals surface area contributed by atoms with E-state index in [2.05, 4.69) is 20.8 Å². The Morgan fingerprint density at radius 2 is 1.95 bits per heavy atom. The zero-order valence-corrected chi connectivity index (χ0v) is 12.4. The van der Waals surface area contributed by atoms with Crippen molar-refractivity contribution in [2.75, 3.05) is 0 Å². The fourth-order valence-electron chi connectivity index (χ4n) is 3.74. The Balaban J connectivity index is 2.30. The van der Waals surface area contributed by atoms with Crippen LogP contribution in [0.25, 0.3) is 0 Å². The molecule has 1 N–H and O–H groups in total. The summed E-state index contributed by atoms with van der Waals surface area (Å²) in [6.45, 7) is 8.52. The zero-order chi connectivity index (χ0) is 14.2. The largest absolute Gasteiger partial charge is 0.393 e. The first kappa shape index (κ1) is 14.5. The van der Waals surface area contributed by atoms with Gasteiger partial charge in [-0.3, -0.25) is 0 Å². The van der Waals surface area contributed by atoms with E-state index >= 15 is 0 Å². The van der Waals surface area contributed by atoms with Crippen LogP contribution in [0.3, 0.4) is 0 Å². The molecule has 1 aromatic carbocycles. The Kier molecular flexibility index (Phi) is 4.00. The molecule has 19 heavy (non-hydrogen) atoms. The molecule has 1 aliphatic rings. The Labute approximate surface area is 115 Å². The molecule has 0 aliphatic heterocycles. The quantitative estimate of drug-likeness (QED) is 0.848. The molecule has 1 fully saturated rings. The summed E-state index contributed by atoms with van der Waals surface area (Å²) >= 11 is 0. The van der Waals surface area contributed by atoms with E-state index in [1.807, 2.05) is 13.0 Å². The van der Waals surface area contributed by atoms with E-state index in [-0.39, 0.29) is 23.3 Å². The molecule has 1 aromatic rings. The van der Waals surface area contributed by atoms with Gasteiger partial charge in [-0.05, 0) is 60.3 Å². The van der Waals surface area contributed by atoms with Crippen molar-refractivity contribution < 1.29 is 9.50 Å². The molecule has 0 aromatic heterocycles. The van der Waals surface area contributed by atoms with Crippen LogP contribution < -0.4 is 0 Å². The lowest BCUT2D eigenvalue weighted by Gasteiger charge is -2.43. The molecule has 0 saturated heterocycles. The molecule has 1 saturated carbocycles. The minimum Gasteiger partial charge on any atom is -0.393 e. The number of aryl methyl sites for hydroxylation is 1. The fourth-order valence-corrected chi connectivity index (χ4v) is 3.74. The van der Waals surface area contributed by atoms with Crippen LogP contribution in [0.15, 0.2) is 18.2 Å². The number of halogens is 1. The molecule has 3 unspecified atom stereocenters. The second-order valence-electron chi connectivity index (χ2n) is 6.77. The minimum atomic E-state index is -0.247. The summed E-state index contributed by atoms with van der Waals surface area (Å²) in [5.74, 6) is 0.680. The van der Waals surface area contributed by atoms with E-state index in [9.17, 15) is 9.50 Å². The van der Waals surface area contributed by atoms with E-state index in [0.717, 1.165) is 24.0 Å². The first-order valence-corrected chi connectivity index (χ1v) is 7.27. The Bertz CT molecular complexity index is 453. The third-order valence-electron chi connectivity index (χ3n) is 4.89. The standard InChI is InChI=1S/C17H25FO/c1-11-5-7-15(16(19)9-11)17(3,4)14-8-6-13(18)10-12(14)2/h6,8,10-11,15-16,19H,5,7,9H2,1-4H3. The predicted octanol–water partition coefficient (Wildman–Crippen LogP) is 4.21. The van der Waals surface area contributed by atoms with Gasteiger partial charge in [0.25, 0.3) is 0 Å². The molecular weight excluding hydrogens is 239 g/mol. The van der Waals surface area contributed by atoms with Gasteiger partial charge in [0.1, 0.15) is 5.82 Å². The van der Waals surface area contributed by atoms with Crippen molar-refractivity contribution in [3.63, 3.8) is 0 Å². The summed E-state index contributed by atoms with van der Waals surface area (Å²) < 4.78 is 13.3. The van der Waals surface area contributed by atoms with Crippen LogP contribution >= 0.6 is 0 Å². The Morgan fingerprint density at radius 1 is 1.26 bits per heavy atom. The topological polar surface area (TPSA) is 20.2 Å². The lowest BCUT2D eigenvalue weighted by molar-refractivity contribution is 0.0142. The van der Waals surface area contributed by atoms with Gasteiger partial charge in [-0.2, -0.15) is 0 Å². The SMILES string of the molecule is Cc1cc(F)ccc1C(C)(C)C1CCC(C)CC1O. The monoisotopic (exact) mass is 264 g/mol. The smallest absolute Gasteiger partial charge is 0.123 e. The van der Waals surface area contributed by atoms with Crippen LogP contribution in [0.5, 0.6) is 0 Å². The molecule has 1 nitrogen and oxygen atoms in total. The van der Waals surface area contributed by atoms with Crippen molar-refractivity contribution in [2.45, 2.75) is 58.5 Å². The van der Waals surface area contributed by atoms with E-state index in [1.165, 1.54) is 12.5 Å². The molecule has 1 aliphatic carbocycles. The number of hydrogen-bond donors (Lipinski definition) is 1. The summed E-state index contributed by atoms with van der Waals surface area (Å²) in [7, 11) is 0. The van der Waals surface area contributed by atoms with Crippen molar-refractivity contribution in [3.8, 4) is 0 Å². The highest BCUT2D eigenvalue weighted by Gasteiger charge is 2.39. The maximum absolute atomic E-state index is 13.3. The highest BCUT2D eigenvalue weighted by molar-refractivity contribution is 5.34. The van der Waals surface area contributed by atoms with Crippen LogP contribution in [-0.4, -0.2) is 11.2 Å². The number of hydrogen-bond acceptors (Lipinski definition) is 1. The summed E-state index contributed by atoms with van der Waals surface area (Å²) in [5, 5.41) is 10.4. The Morgan fingerprint density at radius 3 is 2.53 bits per heavy atom. The molecule has 2 heteroatoms. The summed E-state index contributed by atoms with van der Waals surface area (Å²) in [6.07, 6.45) is 2.86. The summed E-state index contributed by atoms with van der Waals surface area (Å²) in [5.41, 5.74) is 2.03. The van der Waals surface area contributed by atoms with Gasteiger partial charge in [0.15, 0.2) is 0 Å². The first-order valence-electron chi connectivity index (χ1n) is 7.27. The van der Waals surface area contributed by atoms with E-state index in [1.54, 1.807) is 6.07 Å². The predicted molar refractivity (Wildman–Crippen MR) is 76.7 cm³/mol. The van der Waals surface area contributed by atoms with Gasteiger partial charge in [0, 0.05) is 0 Å². The molecule has 0 radical (unpaired) electrons. The van der Waals surface area contributed by atoms with Crippen LogP contribution in [0, 0.1) is 24.6 Å². The van der Waals surface area contributed by atoms with Crippen LogP contribution in [0.4, 0.5) is 4.39 Å². The normalized spacial score (nSPS) is 28.4. The van der Waals surface area contributed by atoms with Crippen molar-refractivity contribution in [2.24, 2.45) is 11.8 Å². The van der Waals surface area contributed by atoms with Gasteiger partial charge in [-0.1, -0.05) is 33.3 Å². The number of rotatable bonds is 2. The van der Waals surface area contributed by atoms with Crippen molar-refractivity contribution >= 4 is 0 Å². The molecule has 0 spiro atoms. The maximum Gasteiger partial charge on any atom is 0.123 e. The highest BCUT2D eigenvalue weighted by Crippen LogP contribution is 2.43. The average molecular weight is 264 g/mol. The third-order valence-corrected chi connectivity index (χ3v) is 4.89. The molecule has 0 amide bonds.